The highest BCUT2D eigenvalue weighted by molar-refractivity contribution is 5.40. The number of allylic oxidation sites excluding steroid dienone is 4. The van der Waals surface area contributed by atoms with Crippen molar-refractivity contribution in [2.75, 3.05) is 0 Å². The highest BCUT2D eigenvalue weighted by Crippen LogP contribution is 2.39. The molecule has 0 N–H and O–H groups in total. The van der Waals surface area contributed by atoms with Gasteiger partial charge in [-0.05, 0) is 42.2 Å². The maximum absolute atomic E-state index is 2.44. The van der Waals surface area contributed by atoms with Crippen molar-refractivity contribution in [3.8, 4) is 0 Å². The molecule has 0 bridgehead atoms. The Balaban J connectivity index is 2.07. The van der Waals surface area contributed by atoms with Crippen molar-refractivity contribution in [3.05, 3.63) is 23.3 Å². The Morgan fingerprint density at radius 1 is 1.18 bits per heavy atom. The minimum atomic E-state index is 0.853. The van der Waals surface area contributed by atoms with E-state index in [1.165, 1.54) is 19.3 Å². The van der Waals surface area contributed by atoms with Gasteiger partial charge in [-0.25, -0.2) is 0 Å². The molecule has 0 saturated heterocycles. The molecular formula is C11H16. The van der Waals surface area contributed by atoms with Crippen LogP contribution in [0.5, 0.6) is 0 Å². The van der Waals surface area contributed by atoms with Crippen LogP contribution in [0.1, 0.15) is 33.1 Å². The van der Waals surface area contributed by atoms with E-state index in [1.807, 2.05) is 0 Å². The van der Waals surface area contributed by atoms with E-state index in [0.29, 0.717) is 0 Å². The van der Waals surface area contributed by atoms with E-state index in [9.17, 15) is 0 Å². The van der Waals surface area contributed by atoms with Crippen LogP contribution >= 0.6 is 0 Å². The average molecular weight is 148 g/mol. The van der Waals surface area contributed by atoms with Crippen molar-refractivity contribution in [2.45, 2.75) is 33.1 Å². The molecule has 2 aliphatic carbocycles. The summed E-state index contributed by atoms with van der Waals surface area (Å²) in [5.41, 5.74) is 3.30. The Morgan fingerprint density at radius 3 is 2.36 bits per heavy atom. The standard InChI is InChI=1S/C11H16/c1-8-3-5-10(7-8)11-6-4-9(11)2/h5-6,8-9H,3-4,7H2,1-2H3. The van der Waals surface area contributed by atoms with Crippen LogP contribution in [-0.2, 0) is 0 Å². The maximum atomic E-state index is 2.44. The summed E-state index contributed by atoms with van der Waals surface area (Å²) < 4.78 is 0. The zero-order valence-corrected chi connectivity index (χ0v) is 7.43. The van der Waals surface area contributed by atoms with Crippen LogP contribution in [0, 0.1) is 11.8 Å². The summed E-state index contributed by atoms with van der Waals surface area (Å²) in [5.74, 6) is 1.75. The van der Waals surface area contributed by atoms with Crippen LogP contribution in [0.15, 0.2) is 23.3 Å². The predicted molar refractivity (Wildman–Crippen MR) is 48.3 cm³/mol. The summed E-state index contributed by atoms with van der Waals surface area (Å²) in [4.78, 5) is 0. The van der Waals surface area contributed by atoms with Crippen molar-refractivity contribution in [3.63, 3.8) is 0 Å². The van der Waals surface area contributed by atoms with E-state index in [4.69, 9.17) is 0 Å². The molecule has 0 saturated carbocycles. The second-order valence-electron chi connectivity index (χ2n) is 4.07. The number of hydrogen-bond acceptors (Lipinski definition) is 0. The topological polar surface area (TPSA) is 0 Å². The van der Waals surface area contributed by atoms with E-state index in [1.54, 1.807) is 11.1 Å². The van der Waals surface area contributed by atoms with Crippen molar-refractivity contribution in [2.24, 2.45) is 11.8 Å². The molecule has 11 heavy (non-hydrogen) atoms. The lowest BCUT2D eigenvalue weighted by Gasteiger charge is -2.24. The third-order valence-electron chi connectivity index (χ3n) is 2.93. The molecule has 0 aromatic carbocycles. The first-order valence-corrected chi connectivity index (χ1v) is 4.67. The Bertz CT molecular complexity index is 220. The van der Waals surface area contributed by atoms with Crippen molar-refractivity contribution >= 4 is 0 Å². The van der Waals surface area contributed by atoms with Gasteiger partial charge >= 0.3 is 0 Å². The van der Waals surface area contributed by atoms with Gasteiger partial charge in [0, 0.05) is 0 Å². The molecule has 0 aromatic heterocycles. The highest BCUT2D eigenvalue weighted by Gasteiger charge is 2.23. The Hall–Kier alpha value is -0.520. The van der Waals surface area contributed by atoms with Crippen LogP contribution in [-0.4, -0.2) is 0 Å². The van der Waals surface area contributed by atoms with Crippen LogP contribution in [0.2, 0.25) is 0 Å². The molecule has 0 radical (unpaired) electrons. The Kier molecular flexibility index (Phi) is 1.63. The van der Waals surface area contributed by atoms with Gasteiger partial charge in [-0.1, -0.05) is 26.0 Å². The SMILES string of the molecule is CC1CC=C(C2=CCC2C)C1. The molecule has 0 aromatic rings. The summed E-state index contributed by atoms with van der Waals surface area (Å²) in [6.45, 7) is 4.67. The monoisotopic (exact) mass is 148 g/mol. The third kappa shape index (κ3) is 1.15. The molecule has 2 atom stereocenters. The first-order chi connectivity index (χ1) is 5.27. The van der Waals surface area contributed by atoms with E-state index >= 15 is 0 Å². The maximum Gasteiger partial charge on any atom is -0.0156 e. The molecule has 2 aliphatic rings. The molecule has 0 aliphatic heterocycles. The molecule has 0 nitrogen and oxygen atoms in total. The smallest absolute Gasteiger partial charge is 0.0156 e. The normalized spacial score (nSPS) is 36.2. The third-order valence-corrected chi connectivity index (χ3v) is 2.93. The number of rotatable bonds is 1. The van der Waals surface area contributed by atoms with Gasteiger partial charge in [0.15, 0.2) is 0 Å². The van der Waals surface area contributed by atoms with E-state index < -0.39 is 0 Å². The summed E-state index contributed by atoms with van der Waals surface area (Å²) in [5, 5.41) is 0. The highest BCUT2D eigenvalue weighted by atomic mass is 14.3. The summed E-state index contributed by atoms with van der Waals surface area (Å²) in [6, 6.07) is 0. The average Bonchev–Trinajstić information content (AvgIpc) is 2.33. The van der Waals surface area contributed by atoms with Gasteiger partial charge < -0.3 is 0 Å². The Morgan fingerprint density at radius 2 is 2.00 bits per heavy atom. The van der Waals surface area contributed by atoms with Crippen LogP contribution in [0.25, 0.3) is 0 Å². The lowest BCUT2D eigenvalue weighted by atomic mass is 9.81. The summed E-state index contributed by atoms with van der Waals surface area (Å²) >= 11 is 0. The quantitative estimate of drug-likeness (QED) is 0.535. The molecule has 2 rings (SSSR count). The van der Waals surface area contributed by atoms with Crippen LogP contribution in [0.3, 0.4) is 0 Å². The van der Waals surface area contributed by atoms with Gasteiger partial charge in [-0.2, -0.15) is 0 Å². The minimum absolute atomic E-state index is 0.853. The van der Waals surface area contributed by atoms with Gasteiger partial charge in [-0.15, -0.1) is 0 Å². The molecular weight excluding hydrogens is 132 g/mol. The predicted octanol–water partition coefficient (Wildman–Crippen LogP) is 3.31. The van der Waals surface area contributed by atoms with Crippen LogP contribution < -0.4 is 0 Å². The zero-order valence-electron chi connectivity index (χ0n) is 7.43. The lowest BCUT2D eigenvalue weighted by molar-refractivity contribution is 0.593. The second-order valence-corrected chi connectivity index (χ2v) is 4.07. The van der Waals surface area contributed by atoms with E-state index in [2.05, 4.69) is 26.0 Å². The minimum Gasteiger partial charge on any atom is -0.0808 e. The molecule has 60 valence electrons. The van der Waals surface area contributed by atoms with E-state index in [-0.39, 0.29) is 0 Å². The first kappa shape index (κ1) is 7.15. The van der Waals surface area contributed by atoms with Gasteiger partial charge in [0.2, 0.25) is 0 Å². The zero-order chi connectivity index (χ0) is 7.84. The second kappa shape index (κ2) is 2.51. The molecule has 2 unspecified atom stereocenters. The fourth-order valence-corrected chi connectivity index (χ4v) is 2.04. The summed E-state index contributed by atoms with van der Waals surface area (Å²) in [7, 11) is 0. The number of hydrogen-bond donors (Lipinski definition) is 0. The van der Waals surface area contributed by atoms with Crippen molar-refractivity contribution < 1.29 is 0 Å². The van der Waals surface area contributed by atoms with Gasteiger partial charge in [0.05, 0.1) is 0 Å². The fourth-order valence-electron chi connectivity index (χ4n) is 2.04. The first-order valence-electron chi connectivity index (χ1n) is 4.67. The molecule has 0 heterocycles. The van der Waals surface area contributed by atoms with Gasteiger partial charge in [0.25, 0.3) is 0 Å². The van der Waals surface area contributed by atoms with E-state index in [0.717, 1.165) is 11.8 Å². The van der Waals surface area contributed by atoms with Crippen molar-refractivity contribution in [1.82, 2.24) is 0 Å². The Labute approximate surface area is 69.0 Å². The summed E-state index contributed by atoms with van der Waals surface area (Å²) in [6.07, 6.45) is 8.78. The molecule has 0 amide bonds. The molecule has 0 spiro atoms. The molecule has 0 heteroatoms. The molecule has 0 fully saturated rings. The van der Waals surface area contributed by atoms with Gasteiger partial charge in [-0.3, -0.25) is 0 Å². The lowest BCUT2D eigenvalue weighted by Crippen LogP contribution is -2.09. The van der Waals surface area contributed by atoms with Crippen molar-refractivity contribution in [1.29, 1.82) is 0 Å². The largest absolute Gasteiger partial charge is 0.0808 e. The fraction of sp³-hybridized carbons (Fsp3) is 0.636. The van der Waals surface area contributed by atoms with Crippen LogP contribution in [0.4, 0.5) is 0 Å². The van der Waals surface area contributed by atoms with Gasteiger partial charge in [0.1, 0.15) is 0 Å².